The Morgan fingerprint density at radius 2 is 1.94 bits per heavy atom. The molecule has 0 atom stereocenters. The Labute approximate surface area is 97.8 Å². The fraction of sp³-hybridized carbons (Fsp3) is 0.615. The van der Waals surface area contributed by atoms with Gasteiger partial charge in [-0.15, -0.1) is 0 Å². The van der Waals surface area contributed by atoms with E-state index in [0.717, 1.165) is 0 Å². The molecule has 1 rings (SSSR count). The molecule has 0 aliphatic heterocycles. The highest BCUT2D eigenvalue weighted by molar-refractivity contribution is 5.81. The molecule has 0 aliphatic rings. The SMILES string of the molecule is Cc1cc(CNC(=O)C(C)(C)C)c(C)n1C. The van der Waals surface area contributed by atoms with E-state index in [-0.39, 0.29) is 11.3 Å². The maximum Gasteiger partial charge on any atom is 0.225 e. The summed E-state index contributed by atoms with van der Waals surface area (Å²) in [5, 5.41) is 2.97. The zero-order valence-corrected chi connectivity index (χ0v) is 11.1. The number of aryl methyl sites for hydroxylation is 1. The molecule has 3 nitrogen and oxygen atoms in total. The van der Waals surface area contributed by atoms with Crippen LogP contribution in [0.25, 0.3) is 0 Å². The van der Waals surface area contributed by atoms with Crippen LogP contribution in [0.15, 0.2) is 6.07 Å². The number of nitrogens with one attached hydrogen (secondary N) is 1. The molecule has 1 aromatic heterocycles. The summed E-state index contributed by atoms with van der Waals surface area (Å²) >= 11 is 0. The van der Waals surface area contributed by atoms with Crippen LogP contribution in [0.3, 0.4) is 0 Å². The van der Waals surface area contributed by atoms with Crippen molar-refractivity contribution < 1.29 is 4.79 Å². The first-order valence-corrected chi connectivity index (χ1v) is 5.63. The van der Waals surface area contributed by atoms with Gasteiger partial charge in [-0.25, -0.2) is 0 Å². The summed E-state index contributed by atoms with van der Waals surface area (Å²) in [6.07, 6.45) is 0. The predicted octanol–water partition coefficient (Wildman–Crippen LogP) is 2.30. The zero-order chi connectivity index (χ0) is 12.5. The molecule has 0 fully saturated rings. The van der Waals surface area contributed by atoms with E-state index in [0.29, 0.717) is 6.54 Å². The first kappa shape index (κ1) is 12.8. The second-order valence-electron chi connectivity index (χ2n) is 5.39. The summed E-state index contributed by atoms with van der Waals surface area (Å²) in [5.41, 5.74) is 3.30. The number of aromatic nitrogens is 1. The van der Waals surface area contributed by atoms with Crippen LogP contribution in [0.2, 0.25) is 0 Å². The third-order valence-corrected chi connectivity index (χ3v) is 3.00. The zero-order valence-electron chi connectivity index (χ0n) is 11.1. The molecule has 0 saturated carbocycles. The van der Waals surface area contributed by atoms with Gasteiger partial charge in [-0.3, -0.25) is 4.79 Å². The van der Waals surface area contributed by atoms with Gasteiger partial charge in [0.2, 0.25) is 5.91 Å². The van der Waals surface area contributed by atoms with E-state index < -0.39 is 0 Å². The van der Waals surface area contributed by atoms with Crippen molar-refractivity contribution in [1.82, 2.24) is 9.88 Å². The van der Waals surface area contributed by atoms with Crippen molar-refractivity contribution in [3.63, 3.8) is 0 Å². The second-order valence-corrected chi connectivity index (χ2v) is 5.39. The highest BCUT2D eigenvalue weighted by atomic mass is 16.2. The lowest BCUT2D eigenvalue weighted by Gasteiger charge is -2.17. The Balaban J connectivity index is 2.69. The van der Waals surface area contributed by atoms with Crippen molar-refractivity contribution in [2.75, 3.05) is 0 Å². The van der Waals surface area contributed by atoms with Crippen molar-refractivity contribution in [2.24, 2.45) is 12.5 Å². The van der Waals surface area contributed by atoms with Crippen LogP contribution >= 0.6 is 0 Å². The standard InChI is InChI=1S/C13H22N2O/c1-9-7-11(10(2)15(9)6)8-14-12(16)13(3,4)5/h7H,8H2,1-6H3,(H,14,16). The molecule has 1 aromatic rings. The summed E-state index contributed by atoms with van der Waals surface area (Å²) in [5.74, 6) is 0.0911. The molecule has 16 heavy (non-hydrogen) atoms. The molecule has 0 bridgehead atoms. The summed E-state index contributed by atoms with van der Waals surface area (Å²) in [7, 11) is 2.04. The van der Waals surface area contributed by atoms with Gasteiger partial charge in [-0.1, -0.05) is 20.8 Å². The van der Waals surface area contributed by atoms with Crippen molar-refractivity contribution in [1.29, 1.82) is 0 Å². The summed E-state index contributed by atoms with van der Waals surface area (Å²) < 4.78 is 2.14. The van der Waals surface area contributed by atoms with Crippen molar-refractivity contribution in [3.8, 4) is 0 Å². The van der Waals surface area contributed by atoms with Crippen LogP contribution in [-0.2, 0) is 18.4 Å². The summed E-state index contributed by atoms with van der Waals surface area (Å²) in [4.78, 5) is 11.7. The van der Waals surface area contributed by atoms with Gasteiger partial charge in [-0.2, -0.15) is 0 Å². The molecular weight excluding hydrogens is 200 g/mol. The Morgan fingerprint density at radius 3 is 2.31 bits per heavy atom. The van der Waals surface area contributed by atoms with Gasteiger partial charge in [0.25, 0.3) is 0 Å². The van der Waals surface area contributed by atoms with E-state index in [1.807, 2.05) is 27.8 Å². The van der Waals surface area contributed by atoms with Crippen LogP contribution in [-0.4, -0.2) is 10.5 Å². The lowest BCUT2D eigenvalue weighted by Crippen LogP contribution is -2.34. The van der Waals surface area contributed by atoms with Gasteiger partial charge in [0.15, 0.2) is 0 Å². The first-order valence-electron chi connectivity index (χ1n) is 5.63. The number of hydrogen-bond donors (Lipinski definition) is 1. The number of rotatable bonds is 2. The molecule has 90 valence electrons. The van der Waals surface area contributed by atoms with Crippen molar-refractivity contribution >= 4 is 5.91 Å². The summed E-state index contributed by atoms with van der Waals surface area (Å²) in [6.45, 7) is 10.5. The molecule has 0 aliphatic carbocycles. The number of nitrogens with zero attached hydrogens (tertiary/aromatic N) is 1. The topological polar surface area (TPSA) is 34.0 Å². The third kappa shape index (κ3) is 2.65. The molecular formula is C13H22N2O. The van der Waals surface area contributed by atoms with Crippen molar-refractivity contribution in [3.05, 3.63) is 23.0 Å². The fourth-order valence-electron chi connectivity index (χ4n) is 1.55. The maximum atomic E-state index is 11.7. The smallest absolute Gasteiger partial charge is 0.225 e. The van der Waals surface area contributed by atoms with Gasteiger partial charge >= 0.3 is 0 Å². The molecule has 1 amide bonds. The highest BCUT2D eigenvalue weighted by Crippen LogP contribution is 2.15. The molecule has 0 aromatic carbocycles. The monoisotopic (exact) mass is 222 g/mol. The van der Waals surface area contributed by atoms with Crippen LogP contribution in [0, 0.1) is 19.3 Å². The Kier molecular flexibility index (Phi) is 3.46. The van der Waals surface area contributed by atoms with Gasteiger partial charge in [0.05, 0.1) is 0 Å². The molecule has 0 radical (unpaired) electrons. The van der Waals surface area contributed by atoms with Gasteiger partial charge < -0.3 is 9.88 Å². The minimum absolute atomic E-state index is 0.0911. The van der Waals surface area contributed by atoms with Gasteiger partial charge in [0, 0.05) is 30.4 Å². The second kappa shape index (κ2) is 4.32. The van der Waals surface area contributed by atoms with Crippen LogP contribution < -0.4 is 5.32 Å². The average molecular weight is 222 g/mol. The Hall–Kier alpha value is -1.25. The minimum Gasteiger partial charge on any atom is -0.352 e. The van der Waals surface area contributed by atoms with Gasteiger partial charge in [0.1, 0.15) is 0 Å². The lowest BCUT2D eigenvalue weighted by molar-refractivity contribution is -0.128. The third-order valence-electron chi connectivity index (χ3n) is 3.00. The number of carbonyl (C=O) groups excluding carboxylic acids is 1. The first-order chi connectivity index (χ1) is 7.23. The molecule has 0 unspecified atom stereocenters. The molecule has 0 spiro atoms. The summed E-state index contributed by atoms with van der Waals surface area (Å²) in [6, 6.07) is 2.12. The van der Waals surface area contributed by atoms with E-state index in [1.54, 1.807) is 0 Å². The average Bonchev–Trinajstić information content (AvgIpc) is 2.41. The van der Waals surface area contributed by atoms with E-state index in [9.17, 15) is 4.79 Å². The Bertz CT molecular complexity index is 397. The highest BCUT2D eigenvalue weighted by Gasteiger charge is 2.20. The Morgan fingerprint density at radius 1 is 1.38 bits per heavy atom. The van der Waals surface area contributed by atoms with Crippen LogP contribution in [0.1, 0.15) is 37.7 Å². The molecule has 1 heterocycles. The predicted molar refractivity (Wildman–Crippen MR) is 66.2 cm³/mol. The number of carbonyl (C=O) groups is 1. The quantitative estimate of drug-likeness (QED) is 0.818. The van der Waals surface area contributed by atoms with Crippen LogP contribution in [0.5, 0.6) is 0 Å². The number of hydrogen-bond acceptors (Lipinski definition) is 1. The van der Waals surface area contributed by atoms with Crippen molar-refractivity contribution in [2.45, 2.75) is 41.2 Å². The van der Waals surface area contributed by atoms with E-state index >= 15 is 0 Å². The van der Waals surface area contributed by atoms with E-state index in [2.05, 4.69) is 29.8 Å². The largest absolute Gasteiger partial charge is 0.352 e. The number of amides is 1. The lowest BCUT2D eigenvalue weighted by atomic mass is 9.95. The molecule has 1 N–H and O–H groups in total. The maximum absolute atomic E-state index is 11.7. The fourth-order valence-corrected chi connectivity index (χ4v) is 1.55. The van der Waals surface area contributed by atoms with Crippen LogP contribution in [0.4, 0.5) is 0 Å². The normalized spacial score (nSPS) is 11.6. The minimum atomic E-state index is -0.322. The molecule has 3 heteroatoms. The van der Waals surface area contributed by atoms with E-state index in [4.69, 9.17) is 0 Å². The molecule has 0 saturated heterocycles. The van der Waals surface area contributed by atoms with E-state index in [1.165, 1.54) is 17.0 Å². The van der Waals surface area contributed by atoms with Gasteiger partial charge in [-0.05, 0) is 25.5 Å².